The van der Waals surface area contributed by atoms with Crippen LogP contribution in [0.4, 0.5) is 4.39 Å². The van der Waals surface area contributed by atoms with Crippen molar-refractivity contribution in [1.82, 2.24) is 5.32 Å². The zero-order valence-electron chi connectivity index (χ0n) is 10.2. The Kier molecular flexibility index (Phi) is 5.10. The summed E-state index contributed by atoms with van der Waals surface area (Å²) in [6.45, 7) is 3.83. The second kappa shape index (κ2) is 6.35. The fraction of sp³-hybridized carbons (Fsp3) is 0.462. The molecule has 1 aromatic rings. The van der Waals surface area contributed by atoms with Gasteiger partial charge in [-0.2, -0.15) is 0 Å². The quantitative estimate of drug-likeness (QED) is 0.826. The first kappa shape index (κ1) is 13.6. The highest BCUT2D eigenvalue weighted by molar-refractivity contribution is 5.94. The van der Waals surface area contributed by atoms with E-state index in [0.717, 1.165) is 0 Å². The van der Waals surface area contributed by atoms with Gasteiger partial charge < -0.3 is 10.4 Å². The Morgan fingerprint density at radius 2 is 2.24 bits per heavy atom. The Morgan fingerprint density at radius 1 is 1.53 bits per heavy atom. The number of aliphatic hydroxyl groups is 1. The Morgan fingerprint density at radius 3 is 2.88 bits per heavy atom. The molecule has 1 aromatic carbocycles. The minimum atomic E-state index is -0.485. The minimum Gasteiger partial charge on any atom is -0.393 e. The van der Waals surface area contributed by atoms with Gasteiger partial charge in [-0.15, -0.1) is 0 Å². The van der Waals surface area contributed by atoms with Gasteiger partial charge in [0, 0.05) is 6.54 Å². The fourth-order valence-electron chi connectivity index (χ4n) is 1.47. The Hall–Kier alpha value is -1.42. The highest BCUT2D eigenvalue weighted by atomic mass is 19.1. The normalized spacial score (nSPS) is 12.2. The minimum absolute atomic E-state index is 0.0518. The zero-order chi connectivity index (χ0) is 12.8. The molecule has 0 spiro atoms. The molecule has 94 valence electrons. The first-order valence-electron chi connectivity index (χ1n) is 5.77. The summed E-state index contributed by atoms with van der Waals surface area (Å²) in [5.74, 6) is -0.921. The molecule has 0 saturated heterocycles. The molecule has 1 rings (SSSR count). The second-order valence-electron chi connectivity index (χ2n) is 4.04. The molecule has 0 radical (unpaired) electrons. The van der Waals surface area contributed by atoms with Crippen molar-refractivity contribution >= 4 is 5.91 Å². The van der Waals surface area contributed by atoms with Crippen molar-refractivity contribution in [3.05, 3.63) is 35.1 Å². The molecule has 3 nitrogen and oxygen atoms in total. The van der Waals surface area contributed by atoms with Crippen molar-refractivity contribution in [2.75, 3.05) is 6.54 Å². The van der Waals surface area contributed by atoms with Crippen molar-refractivity contribution in [3.8, 4) is 0 Å². The highest BCUT2D eigenvalue weighted by Crippen LogP contribution is 2.11. The lowest BCUT2D eigenvalue weighted by atomic mass is 10.1. The van der Waals surface area contributed by atoms with E-state index in [9.17, 15) is 14.3 Å². The summed E-state index contributed by atoms with van der Waals surface area (Å²) in [5, 5.41) is 11.9. The van der Waals surface area contributed by atoms with Gasteiger partial charge in [-0.3, -0.25) is 4.79 Å². The molecular formula is C13H18FNO2. The van der Waals surface area contributed by atoms with Crippen LogP contribution in [0.15, 0.2) is 18.2 Å². The summed E-state index contributed by atoms with van der Waals surface area (Å²) in [6, 6.07) is 4.72. The summed E-state index contributed by atoms with van der Waals surface area (Å²) in [5.41, 5.74) is 0.502. The number of amides is 1. The number of rotatable bonds is 5. The van der Waals surface area contributed by atoms with E-state index in [0.29, 0.717) is 24.9 Å². The topological polar surface area (TPSA) is 49.3 Å². The molecule has 0 aromatic heterocycles. The van der Waals surface area contributed by atoms with Crippen molar-refractivity contribution in [2.45, 2.75) is 32.8 Å². The summed E-state index contributed by atoms with van der Waals surface area (Å²) in [4.78, 5) is 11.7. The standard InChI is InChI=1S/C13H18FNO2/c1-3-10(16)7-8-15-13(17)11-6-4-5-9(2)12(11)14/h4-6,10,16H,3,7-8H2,1-2H3,(H,15,17). The molecule has 17 heavy (non-hydrogen) atoms. The van der Waals surface area contributed by atoms with E-state index in [4.69, 9.17) is 0 Å². The lowest BCUT2D eigenvalue weighted by Crippen LogP contribution is -2.27. The van der Waals surface area contributed by atoms with Crippen LogP contribution in [0.2, 0.25) is 0 Å². The molecule has 0 fully saturated rings. The van der Waals surface area contributed by atoms with E-state index < -0.39 is 17.8 Å². The van der Waals surface area contributed by atoms with Gasteiger partial charge in [-0.05, 0) is 31.4 Å². The van der Waals surface area contributed by atoms with Crippen LogP contribution in [-0.2, 0) is 0 Å². The third-order valence-electron chi connectivity index (χ3n) is 2.67. The maximum absolute atomic E-state index is 13.6. The van der Waals surface area contributed by atoms with Gasteiger partial charge in [-0.1, -0.05) is 19.1 Å². The molecule has 0 bridgehead atoms. The largest absolute Gasteiger partial charge is 0.393 e. The van der Waals surface area contributed by atoms with Crippen LogP contribution in [0, 0.1) is 12.7 Å². The maximum Gasteiger partial charge on any atom is 0.254 e. The number of hydrogen-bond acceptors (Lipinski definition) is 2. The van der Waals surface area contributed by atoms with Crippen LogP contribution in [0.1, 0.15) is 35.7 Å². The third kappa shape index (κ3) is 3.82. The molecule has 0 aliphatic rings. The average molecular weight is 239 g/mol. The van der Waals surface area contributed by atoms with Gasteiger partial charge in [-0.25, -0.2) is 4.39 Å². The van der Waals surface area contributed by atoms with Crippen LogP contribution in [0.25, 0.3) is 0 Å². The van der Waals surface area contributed by atoms with Crippen LogP contribution in [0.5, 0.6) is 0 Å². The molecule has 1 atom stereocenters. The first-order valence-corrected chi connectivity index (χ1v) is 5.77. The van der Waals surface area contributed by atoms with Crippen molar-refractivity contribution in [3.63, 3.8) is 0 Å². The van der Waals surface area contributed by atoms with Gasteiger partial charge in [0.15, 0.2) is 0 Å². The summed E-state index contributed by atoms with van der Waals surface area (Å²) in [7, 11) is 0. The van der Waals surface area contributed by atoms with E-state index in [2.05, 4.69) is 5.32 Å². The van der Waals surface area contributed by atoms with E-state index in [1.54, 1.807) is 19.1 Å². The van der Waals surface area contributed by atoms with Crippen LogP contribution >= 0.6 is 0 Å². The van der Waals surface area contributed by atoms with Crippen molar-refractivity contribution < 1.29 is 14.3 Å². The predicted molar refractivity (Wildman–Crippen MR) is 64.4 cm³/mol. The Balaban J connectivity index is 2.56. The van der Waals surface area contributed by atoms with Crippen LogP contribution in [-0.4, -0.2) is 23.7 Å². The van der Waals surface area contributed by atoms with Crippen LogP contribution < -0.4 is 5.32 Å². The van der Waals surface area contributed by atoms with Crippen molar-refractivity contribution in [2.24, 2.45) is 0 Å². The lowest BCUT2D eigenvalue weighted by Gasteiger charge is -2.09. The lowest BCUT2D eigenvalue weighted by molar-refractivity contribution is 0.0938. The van der Waals surface area contributed by atoms with Gasteiger partial charge in [0.1, 0.15) is 5.82 Å². The monoisotopic (exact) mass is 239 g/mol. The average Bonchev–Trinajstić information content (AvgIpc) is 2.32. The van der Waals surface area contributed by atoms with Gasteiger partial charge in [0.2, 0.25) is 0 Å². The molecule has 0 saturated carbocycles. The van der Waals surface area contributed by atoms with E-state index in [1.165, 1.54) is 6.07 Å². The Bertz CT molecular complexity index is 393. The van der Waals surface area contributed by atoms with Gasteiger partial charge in [0.25, 0.3) is 5.91 Å². The third-order valence-corrected chi connectivity index (χ3v) is 2.67. The molecule has 4 heteroatoms. The van der Waals surface area contributed by atoms with E-state index >= 15 is 0 Å². The number of aryl methyl sites for hydroxylation is 1. The number of aliphatic hydroxyl groups excluding tert-OH is 1. The first-order chi connectivity index (χ1) is 8.06. The smallest absolute Gasteiger partial charge is 0.254 e. The number of halogens is 1. The number of carbonyl (C=O) groups excluding carboxylic acids is 1. The number of benzene rings is 1. The maximum atomic E-state index is 13.6. The molecule has 0 aliphatic heterocycles. The van der Waals surface area contributed by atoms with Crippen molar-refractivity contribution in [1.29, 1.82) is 0 Å². The molecule has 0 aliphatic carbocycles. The molecule has 1 unspecified atom stereocenters. The number of carbonyl (C=O) groups is 1. The fourth-order valence-corrected chi connectivity index (χ4v) is 1.47. The van der Waals surface area contributed by atoms with Crippen LogP contribution in [0.3, 0.4) is 0 Å². The van der Waals surface area contributed by atoms with Gasteiger partial charge >= 0.3 is 0 Å². The Labute approximate surface area is 101 Å². The summed E-state index contributed by atoms with van der Waals surface area (Å²) >= 11 is 0. The zero-order valence-corrected chi connectivity index (χ0v) is 10.2. The molecular weight excluding hydrogens is 221 g/mol. The molecule has 2 N–H and O–H groups in total. The van der Waals surface area contributed by atoms with E-state index in [-0.39, 0.29) is 5.56 Å². The highest BCUT2D eigenvalue weighted by Gasteiger charge is 2.12. The predicted octanol–water partition coefficient (Wildman–Crippen LogP) is 2.02. The number of hydrogen-bond donors (Lipinski definition) is 2. The number of nitrogens with one attached hydrogen (secondary N) is 1. The molecule has 1 amide bonds. The second-order valence-corrected chi connectivity index (χ2v) is 4.04. The van der Waals surface area contributed by atoms with E-state index in [1.807, 2.05) is 6.92 Å². The summed E-state index contributed by atoms with van der Waals surface area (Å²) in [6.07, 6.45) is 0.710. The SMILES string of the molecule is CCC(O)CCNC(=O)c1cccc(C)c1F. The summed E-state index contributed by atoms with van der Waals surface area (Å²) < 4.78 is 13.6. The molecule has 0 heterocycles. The van der Waals surface area contributed by atoms with Gasteiger partial charge in [0.05, 0.1) is 11.7 Å².